The van der Waals surface area contributed by atoms with Gasteiger partial charge in [0.15, 0.2) is 0 Å². The highest BCUT2D eigenvalue weighted by molar-refractivity contribution is 6.35. The van der Waals surface area contributed by atoms with Crippen LogP contribution in [0.2, 0.25) is 10.0 Å². The molecule has 2 aliphatic rings. The zero-order chi connectivity index (χ0) is 28.0. The maximum Gasteiger partial charge on any atom is 0.254 e. The predicted molar refractivity (Wildman–Crippen MR) is 155 cm³/mol. The number of fused-ring (bicyclic) bond motifs is 3. The Kier molecular flexibility index (Phi) is 6.94. The third-order valence-corrected chi connectivity index (χ3v) is 7.82. The van der Waals surface area contributed by atoms with Crippen LogP contribution in [0.4, 0.5) is 5.69 Å². The minimum Gasteiger partial charge on any atom is -0.497 e. The number of hydrogen-bond acceptors (Lipinski definition) is 4. The Bertz CT molecular complexity index is 1590. The molecule has 40 heavy (non-hydrogen) atoms. The van der Waals surface area contributed by atoms with Gasteiger partial charge in [-0.15, -0.1) is 0 Å². The van der Waals surface area contributed by atoms with Crippen molar-refractivity contribution in [3.63, 3.8) is 0 Å². The molecule has 1 aromatic heterocycles. The average molecular weight is 576 g/mol. The summed E-state index contributed by atoms with van der Waals surface area (Å²) in [6.07, 6.45) is 3.65. The van der Waals surface area contributed by atoms with Crippen LogP contribution < -0.4 is 14.4 Å². The number of carbonyl (C=O) groups excluding carboxylic acids is 2. The van der Waals surface area contributed by atoms with Crippen LogP contribution in [0.15, 0.2) is 79.0 Å². The van der Waals surface area contributed by atoms with Gasteiger partial charge in [-0.25, -0.2) is 0 Å². The minimum absolute atomic E-state index is 0.0251. The van der Waals surface area contributed by atoms with E-state index < -0.39 is 6.04 Å². The highest BCUT2D eigenvalue weighted by Crippen LogP contribution is 2.45. The first-order chi connectivity index (χ1) is 19.4. The summed E-state index contributed by atoms with van der Waals surface area (Å²) in [7, 11) is 3.21. The number of amides is 2. The third-order valence-electron chi connectivity index (χ3n) is 7.38. The Morgan fingerprint density at radius 1 is 0.900 bits per heavy atom. The molecule has 3 aromatic carbocycles. The smallest absolute Gasteiger partial charge is 0.254 e. The molecule has 1 aliphatic carbocycles. The lowest BCUT2D eigenvalue weighted by molar-refractivity contribution is -0.119. The van der Waals surface area contributed by atoms with Crippen molar-refractivity contribution in [1.82, 2.24) is 9.47 Å². The van der Waals surface area contributed by atoms with Crippen molar-refractivity contribution < 1.29 is 19.1 Å². The number of anilines is 1. The van der Waals surface area contributed by atoms with Crippen molar-refractivity contribution in [1.29, 1.82) is 0 Å². The number of para-hydroxylation sites is 2. The molecule has 0 radical (unpaired) electrons. The van der Waals surface area contributed by atoms with Crippen molar-refractivity contribution in [3.8, 4) is 17.2 Å². The summed E-state index contributed by atoms with van der Waals surface area (Å²) >= 11 is 12.4. The van der Waals surface area contributed by atoms with Crippen molar-refractivity contribution >= 4 is 40.7 Å². The number of ether oxygens (including phenoxy) is 2. The molecule has 1 unspecified atom stereocenters. The molecule has 1 atom stereocenters. The van der Waals surface area contributed by atoms with Gasteiger partial charge in [0.1, 0.15) is 24.1 Å². The van der Waals surface area contributed by atoms with E-state index >= 15 is 0 Å². The number of rotatable bonds is 7. The largest absolute Gasteiger partial charge is 0.497 e. The highest BCUT2D eigenvalue weighted by atomic mass is 35.5. The molecule has 9 heteroatoms. The van der Waals surface area contributed by atoms with E-state index in [1.54, 1.807) is 42.2 Å². The van der Waals surface area contributed by atoms with E-state index in [0.717, 1.165) is 35.5 Å². The SMILES string of the molecule is COc1ccc(OC)c(C2c3cccn3-c3ccccc3N2C(=O)CN(C(=O)c2cc(Cl)cc(Cl)c2)C2CC2)c1. The average Bonchev–Trinajstić information content (AvgIpc) is 3.68. The van der Waals surface area contributed by atoms with E-state index in [2.05, 4.69) is 4.57 Å². The number of carbonyl (C=O) groups is 2. The molecule has 1 aliphatic heterocycles. The number of methoxy groups -OCH3 is 2. The first kappa shape index (κ1) is 26.3. The predicted octanol–water partition coefficient (Wildman–Crippen LogP) is 6.54. The van der Waals surface area contributed by atoms with Crippen LogP contribution in [0, 0.1) is 0 Å². The standard InChI is InChI=1S/C31H27Cl2N3O4/c1-39-23-11-12-28(40-2)24(17-23)30-27-8-5-13-34(27)25-6-3-4-7-26(25)36(30)29(37)18-35(22-9-10-22)31(38)19-14-20(32)16-21(33)15-19/h3-8,11-17,22,30H,9-10,18H2,1-2H3. The lowest BCUT2D eigenvalue weighted by atomic mass is 9.96. The summed E-state index contributed by atoms with van der Waals surface area (Å²) in [6.45, 7) is -0.106. The summed E-state index contributed by atoms with van der Waals surface area (Å²) in [5.74, 6) is 0.778. The van der Waals surface area contributed by atoms with Crippen molar-refractivity contribution in [2.45, 2.75) is 24.9 Å². The zero-order valence-electron chi connectivity index (χ0n) is 22.0. The number of halogens is 2. The van der Waals surface area contributed by atoms with Crippen molar-refractivity contribution in [3.05, 3.63) is 106 Å². The maximum atomic E-state index is 14.4. The topological polar surface area (TPSA) is 64.0 Å². The van der Waals surface area contributed by atoms with Crippen LogP contribution in [-0.2, 0) is 4.79 Å². The molecule has 1 saturated carbocycles. The molecule has 1 fully saturated rings. The van der Waals surface area contributed by atoms with Crippen LogP contribution in [-0.4, -0.2) is 48.1 Å². The Morgan fingerprint density at radius 2 is 1.62 bits per heavy atom. The van der Waals surface area contributed by atoms with Crippen molar-refractivity contribution in [2.24, 2.45) is 0 Å². The molecule has 2 amide bonds. The van der Waals surface area contributed by atoms with Gasteiger partial charge in [-0.3, -0.25) is 14.5 Å². The third kappa shape index (κ3) is 4.69. The summed E-state index contributed by atoms with van der Waals surface area (Å²) in [4.78, 5) is 31.5. The Balaban J connectivity index is 1.45. The first-order valence-corrected chi connectivity index (χ1v) is 13.7. The number of aromatic nitrogens is 1. The van der Waals surface area contributed by atoms with E-state index in [-0.39, 0.29) is 24.4 Å². The second-order valence-electron chi connectivity index (χ2n) is 9.89. The Morgan fingerprint density at radius 3 is 2.30 bits per heavy atom. The molecule has 0 saturated heterocycles. The molecular weight excluding hydrogens is 549 g/mol. The number of nitrogens with zero attached hydrogens (tertiary/aromatic N) is 3. The van der Waals surface area contributed by atoms with Crippen LogP contribution in [0.25, 0.3) is 5.69 Å². The van der Waals surface area contributed by atoms with Gasteiger partial charge in [-0.2, -0.15) is 0 Å². The summed E-state index contributed by atoms with van der Waals surface area (Å²) < 4.78 is 13.4. The van der Waals surface area contributed by atoms with E-state index in [9.17, 15) is 9.59 Å². The van der Waals surface area contributed by atoms with Crippen molar-refractivity contribution in [2.75, 3.05) is 25.7 Å². The van der Waals surface area contributed by atoms with Gasteiger partial charge < -0.3 is 18.9 Å². The van der Waals surface area contributed by atoms with E-state index in [4.69, 9.17) is 32.7 Å². The number of hydrogen-bond donors (Lipinski definition) is 0. The lowest BCUT2D eigenvalue weighted by Crippen LogP contribution is -2.47. The molecule has 0 bridgehead atoms. The summed E-state index contributed by atoms with van der Waals surface area (Å²) in [5, 5.41) is 0.739. The molecule has 6 rings (SSSR count). The normalized spacial score (nSPS) is 15.7. The molecule has 0 spiro atoms. The first-order valence-electron chi connectivity index (χ1n) is 13.0. The van der Waals surface area contributed by atoms with Gasteiger partial charge in [0.2, 0.25) is 5.91 Å². The van der Waals surface area contributed by atoms with Crippen LogP contribution in [0.5, 0.6) is 11.5 Å². The quantitative estimate of drug-likeness (QED) is 0.251. The van der Waals surface area contributed by atoms with Gasteiger partial charge in [-0.05, 0) is 73.5 Å². The van der Waals surface area contributed by atoms with Crippen LogP contribution >= 0.6 is 23.2 Å². The van der Waals surface area contributed by atoms with Gasteiger partial charge in [-0.1, -0.05) is 35.3 Å². The molecule has 0 N–H and O–H groups in total. The molecule has 204 valence electrons. The van der Waals surface area contributed by atoms with Gasteiger partial charge >= 0.3 is 0 Å². The molecule has 4 aromatic rings. The van der Waals surface area contributed by atoms with Gasteiger partial charge in [0, 0.05) is 33.4 Å². The van der Waals surface area contributed by atoms with E-state index in [1.807, 2.05) is 60.8 Å². The van der Waals surface area contributed by atoms with Crippen LogP contribution in [0.3, 0.4) is 0 Å². The lowest BCUT2D eigenvalue weighted by Gasteiger charge is -2.40. The Hall–Kier alpha value is -3.94. The van der Waals surface area contributed by atoms with Gasteiger partial charge in [0.25, 0.3) is 5.91 Å². The second kappa shape index (κ2) is 10.6. The van der Waals surface area contributed by atoms with E-state index in [0.29, 0.717) is 27.1 Å². The summed E-state index contributed by atoms with van der Waals surface area (Å²) in [5.41, 5.74) is 3.64. The fourth-order valence-corrected chi connectivity index (χ4v) is 5.95. The monoisotopic (exact) mass is 575 g/mol. The fraction of sp³-hybridized carbons (Fsp3) is 0.226. The maximum absolute atomic E-state index is 14.4. The summed E-state index contributed by atoms with van der Waals surface area (Å²) in [6, 6.07) is 21.5. The highest BCUT2D eigenvalue weighted by Gasteiger charge is 2.41. The number of benzene rings is 3. The molecule has 2 heterocycles. The fourth-order valence-electron chi connectivity index (χ4n) is 5.43. The van der Waals surface area contributed by atoms with Crippen LogP contribution in [0.1, 0.15) is 40.5 Å². The van der Waals surface area contributed by atoms with Gasteiger partial charge in [0.05, 0.1) is 31.3 Å². The van der Waals surface area contributed by atoms with E-state index in [1.165, 1.54) is 0 Å². The second-order valence-corrected chi connectivity index (χ2v) is 10.8. The molecular formula is C31H27Cl2N3O4. The zero-order valence-corrected chi connectivity index (χ0v) is 23.5. The Labute approximate surface area is 242 Å². The molecule has 7 nitrogen and oxygen atoms in total. The minimum atomic E-state index is -0.529.